The fourth-order valence-corrected chi connectivity index (χ4v) is 9.17. The molecule has 254 valence electrons. The van der Waals surface area contributed by atoms with E-state index >= 15 is 0 Å². The monoisotopic (exact) mass is 705 g/mol. The summed E-state index contributed by atoms with van der Waals surface area (Å²) in [6.07, 6.45) is 0. The first-order chi connectivity index (χ1) is 26.8. The fourth-order valence-electron chi connectivity index (χ4n) is 7.80. The van der Waals surface area contributed by atoms with Gasteiger partial charge in [0.15, 0.2) is 0 Å². The average molecular weight is 706 g/mol. The molecule has 10 aromatic rings. The van der Waals surface area contributed by atoms with Crippen LogP contribution in [0, 0.1) is 0 Å². The lowest BCUT2D eigenvalue weighted by Crippen LogP contribution is -2.10. The molecule has 0 aliphatic heterocycles. The average Bonchev–Trinajstić information content (AvgIpc) is 3.65. The SMILES string of the molecule is c1ccc(-c2ccc(N(c3ccc(-c4ccccc4)cc3)c3cccc4c3sc3c(-c5ccc6ccccc6c5)ccc(-c5ccccc5)c34)cc2)cc1. The highest BCUT2D eigenvalue weighted by atomic mass is 32.1. The van der Waals surface area contributed by atoms with E-state index < -0.39 is 0 Å². The quantitative estimate of drug-likeness (QED) is 0.160. The van der Waals surface area contributed by atoms with Crippen molar-refractivity contribution in [2.45, 2.75) is 0 Å². The van der Waals surface area contributed by atoms with Crippen LogP contribution in [0.4, 0.5) is 17.1 Å². The van der Waals surface area contributed by atoms with Crippen LogP contribution in [0.5, 0.6) is 0 Å². The van der Waals surface area contributed by atoms with E-state index in [4.69, 9.17) is 0 Å². The minimum atomic E-state index is 1.12. The molecule has 0 saturated heterocycles. The first kappa shape index (κ1) is 32.0. The third-order valence-electron chi connectivity index (χ3n) is 10.5. The van der Waals surface area contributed by atoms with Crippen LogP contribution in [0.1, 0.15) is 0 Å². The second-order valence-electron chi connectivity index (χ2n) is 13.7. The summed E-state index contributed by atoms with van der Waals surface area (Å²) in [4.78, 5) is 2.43. The molecule has 9 aromatic carbocycles. The van der Waals surface area contributed by atoms with Crippen molar-refractivity contribution in [2.24, 2.45) is 0 Å². The van der Waals surface area contributed by atoms with Crippen LogP contribution >= 0.6 is 11.3 Å². The summed E-state index contributed by atoms with van der Waals surface area (Å²) in [6.45, 7) is 0. The Hall–Kier alpha value is -6.74. The first-order valence-corrected chi connectivity index (χ1v) is 19.2. The molecule has 10 rings (SSSR count). The van der Waals surface area contributed by atoms with E-state index in [1.54, 1.807) is 0 Å². The zero-order chi connectivity index (χ0) is 35.8. The van der Waals surface area contributed by atoms with Gasteiger partial charge in [-0.1, -0.05) is 176 Å². The molecular formula is C52H35NS. The molecule has 1 heterocycles. The van der Waals surface area contributed by atoms with E-state index in [1.807, 2.05) is 11.3 Å². The molecule has 0 radical (unpaired) electrons. The molecule has 1 aromatic heterocycles. The third-order valence-corrected chi connectivity index (χ3v) is 11.7. The number of anilines is 3. The number of hydrogen-bond acceptors (Lipinski definition) is 2. The largest absolute Gasteiger partial charge is 0.309 e. The van der Waals surface area contributed by atoms with Gasteiger partial charge < -0.3 is 4.90 Å². The lowest BCUT2D eigenvalue weighted by Gasteiger charge is -2.26. The molecule has 0 amide bonds. The van der Waals surface area contributed by atoms with E-state index in [-0.39, 0.29) is 0 Å². The summed E-state index contributed by atoms with van der Waals surface area (Å²) < 4.78 is 2.56. The second-order valence-corrected chi connectivity index (χ2v) is 14.7. The van der Waals surface area contributed by atoms with Crippen molar-refractivity contribution in [3.05, 3.63) is 212 Å². The van der Waals surface area contributed by atoms with E-state index in [2.05, 4.69) is 217 Å². The van der Waals surface area contributed by atoms with E-state index in [1.165, 1.54) is 75.5 Å². The number of nitrogens with zero attached hydrogens (tertiary/aromatic N) is 1. The van der Waals surface area contributed by atoms with Crippen LogP contribution in [-0.4, -0.2) is 0 Å². The number of benzene rings is 9. The highest BCUT2D eigenvalue weighted by molar-refractivity contribution is 7.27. The standard InChI is InChI=1S/C52H35NS/c1-4-13-36(14-5-1)39-25-29-44(30-26-39)53(45-31-27-40(28-32-45)37-15-6-2-7-16-37)49-22-12-21-48-50-46(41-18-8-3-9-19-41)33-34-47(52(50)54-51(48)49)43-24-23-38-17-10-11-20-42(38)35-43/h1-35H. The molecule has 0 spiro atoms. The molecule has 54 heavy (non-hydrogen) atoms. The van der Waals surface area contributed by atoms with Gasteiger partial charge in [-0.15, -0.1) is 11.3 Å². The zero-order valence-electron chi connectivity index (χ0n) is 29.6. The van der Waals surface area contributed by atoms with Gasteiger partial charge in [0.1, 0.15) is 0 Å². The minimum Gasteiger partial charge on any atom is -0.309 e. The smallest absolute Gasteiger partial charge is 0.0640 e. The van der Waals surface area contributed by atoms with Gasteiger partial charge in [0.05, 0.1) is 10.4 Å². The van der Waals surface area contributed by atoms with Crippen LogP contribution in [-0.2, 0) is 0 Å². The number of hydrogen-bond donors (Lipinski definition) is 0. The molecular weight excluding hydrogens is 671 g/mol. The molecule has 0 aliphatic rings. The van der Waals surface area contributed by atoms with Crippen molar-refractivity contribution >= 4 is 59.3 Å². The van der Waals surface area contributed by atoms with Crippen molar-refractivity contribution < 1.29 is 0 Å². The third kappa shape index (κ3) is 5.74. The molecule has 0 aliphatic carbocycles. The summed E-state index contributed by atoms with van der Waals surface area (Å²) in [5.41, 5.74) is 13.2. The molecule has 0 fully saturated rings. The molecule has 0 N–H and O–H groups in total. The second kappa shape index (κ2) is 13.7. The van der Waals surface area contributed by atoms with Crippen LogP contribution in [0.3, 0.4) is 0 Å². The lowest BCUT2D eigenvalue weighted by atomic mass is 9.94. The van der Waals surface area contributed by atoms with Crippen LogP contribution in [0.15, 0.2) is 212 Å². The van der Waals surface area contributed by atoms with E-state index in [9.17, 15) is 0 Å². The molecule has 0 atom stereocenters. The highest BCUT2D eigenvalue weighted by Crippen LogP contribution is 2.50. The van der Waals surface area contributed by atoms with Crippen LogP contribution < -0.4 is 4.90 Å². The Kier molecular flexibility index (Phi) is 8.09. The molecule has 2 heteroatoms. The molecule has 0 unspecified atom stereocenters. The van der Waals surface area contributed by atoms with Crippen LogP contribution in [0.25, 0.3) is 75.5 Å². The maximum Gasteiger partial charge on any atom is 0.0640 e. The maximum atomic E-state index is 2.43. The van der Waals surface area contributed by atoms with E-state index in [0.717, 1.165) is 17.1 Å². The highest BCUT2D eigenvalue weighted by Gasteiger charge is 2.22. The number of fused-ring (bicyclic) bond motifs is 4. The summed E-state index contributed by atoms with van der Waals surface area (Å²) in [6, 6.07) is 77.0. The number of thiophene rings is 1. The molecule has 0 saturated carbocycles. The van der Waals surface area contributed by atoms with Crippen molar-refractivity contribution in [1.29, 1.82) is 0 Å². The van der Waals surface area contributed by atoms with Gasteiger partial charge in [-0.05, 0) is 91.7 Å². The Morgan fingerprint density at radius 2 is 0.815 bits per heavy atom. The Morgan fingerprint density at radius 3 is 1.43 bits per heavy atom. The topological polar surface area (TPSA) is 3.24 Å². The normalized spacial score (nSPS) is 11.3. The molecule has 0 bridgehead atoms. The van der Waals surface area contributed by atoms with Crippen molar-refractivity contribution in [3.63, 3.8) is 0 Å². The van der Waals surface area contributed by atoms with Crippen molar-refractivity contribution in [3.8, 4) is 44.5 Å². The van der Waals surface area contributed by atoms with Gasteiger partial charge in [-0.25, -0.2) is 0 Å². The zero-order valence-corrected chi connectivity index (χ0v) is 30.4. The van der Waals surface area contributed by atoms with E-state index in [0.29, 0.717) is 0 Å². The Labute approximate surface area is 319 Å². The van der Waals surface area contributed by atoms with Crippen LogP contribution in [0.2, 0.25) is 0 Å². The number of rotatable bonds is 7. The van der Waals surface area contributed by atoms with Gasteiger partial charge in [-0.3, -0.25) is 0 Å². The van der Waals surface area contributed by atoms with Crippen molar-refractivity contribution in [2.75, 3.05) is 4.90 Å². The fraction of sp³-hybridized carbons (Fsp3) is 0. The first-order valence-electron chi connectivity index (χ1n) is 18.4. The summed E-state index contributed by atoms with van der Waals surface area (Å²) >= 11 is 1.90. The van der Waals surface area contributed by atoms with Gasteiger partial charge in [0, 0.05) is 26.8 Å². The predicted octanol–water partition coefficient (Wildman–Crippen LogP) is 15.3. The Balaban J connectivity index is 1.20. The Morgan fingerprint density at radius 1 is 0.315 bits per heavy atom. The summed E-state index contributed by atoms with van der Waals surface area (Å²) in [5.74, 6) is 0. The lowest BCUT2D eigenvalue weighted by molar-refractivity contribution is 1.30. The summed E-state index contributed by atoms with van der Waals surface area (Å²) in [7, 11) is 0. The Bertz CT molecular complexity index is 2810. The van der Waals surface area contributed by atoms with Gasteiger partial charge in [0.2, 0.25) is 0 Å². The summed E-state index contributed by atoms with van der Waals surface area (Å²) in [5, 5.41) is 5.07. The minimum absolute atomic E-state index is 1.12. The predicted molar refractivity (Wildman–Crippen MR) is 233 cm³/mol. The van der Waals surface area contributed by atoms with Crippen molar-refractivity contribution in [1.82, 2.24) is 0 Å². The molecule has 1 nitrogen and oxygen atoms in total. The van der Waals surface area contributed by atoms with Gasteiger partial charge in [-0.2, -0.15) is 0 Å². The van der Waals surface area contributed by atoms with Gasteiger partial charge >= 0.3 is 0 Å². The van der Waals surface area contributed by atoms with Gasteiger partial charge in [0.25, 0.3) is 0 Å². The maximum absolute atomic E-state index is 2.43.